The summed E-state index contributed by atoms with van der Waals surface area (Å²) in [7, 11) is 3.25. The minimum absolute atomic E-state index is 0.0946. The highest BCUT2D eigenvalue weighted by atomic mass is 32.2. The Morgan fingerprint density at radius 1 is 1.02 bits per heavy atom. The smallest absolute Gasteiger partial charge is 0.242 e. The monoisotopic (exact) mass is 618 g/mol. The molecule has 4 aromatic rings. The molecule has 1 saturated heterocycles. The van der Waals surface area contributed by atoms with Crippen molar-refractivity contribution in [1.82, 2.24) is 14.7 Å². The van der Waals surface area contributed by atoms with E-state index in [4.69, 9.17) is 19.3 Å². The van der Waals surface area contributed by atoms with E-state index in [2.05, 4.69) is 26.0 Å². The Labute approximate surface area is 259 Å². The molecule has 0 N–H and O–H groups in total. The Morgan fingerprint density at radius 3 is 2.42 bits per heavy atom. The first-order valence-electron chi connectivity index (χ1n) is 14.1. The molecule has 9 nitrogen and oxygen atoms in total. The summed E-state index contributed by atoms with van der Waals surface area (Å²) >= 11 is 3.19. The molecule has 2 aliphatic heterocycles. The van der Waals surface area contributed by atoms with E-state index in [9.17, 15) is 9.59 Å². The van der Waals surface area contributed by atoms with Crippen molar-refractivity contribution >= 4 is 40.7 Å². The van der Waals surface area contributed by atoms with Crippen LogP contribution >= 0.6 is 23.1 Å². The van der Waals surface area contributed by atoms with Gasteiger partial charge in [0.15, 0.2) is 0 Å². The van der Waals surface area contributed by atoms with Crippen LogP contribution in [0.4, 0.5) is 5.82 Å². The molecule has 2 amide bonds. The number of anilines is 1. The van der Waals surface area contributed by atoms with Crippen LogP contribution in [0, 0.1) is 13.8 Å². The lowest BCUT2D eigenvalue weighted by Gasteiger charge is -2.30. The van der Waals surface area contributed by atoms with Crippen molar-refractivity contribution in [2.75, 3.05) is 57.7 Å². The van der Waals surface area contributed by atoms with Gasteiger partial charge in [0.05, 0.1) is 49.7 Å². The van der Waals surface area contributed by atoms with Crippen LogP contribution in [0.3, 0.4) is 0 Å². The molecule has 224 valence electrons. The van der Waals surface area contributed by atoms with Crippen LogP contribution in [-0.4, -0.2) is 79.3 Å². The van der Waals surface area contributed by atoms with E-state index >= 15 is 0 Å². The molecule has 2 aromatic carbocycles. The summed E-state index contributed by atoms with van der Waals surface area (Å²) in [6, 6.07) is 15.8. The summed E-state index contributed by atoms with van der Waals surface area (Å²) < 4.78 is 19.0. The van der Waals surface area contributed by atoms with Crippen molar-refractivity contribution < 1.29 is 23.8 Å². The Hall–Kier alpha value is -3.80. The molecular weight excluding hydrogens is 585 g/mol. The Kier molecular flexibility index (Phi) is 8.47. The number of ether oxygens (including phenoxy) is 3. The number of benzene rings is 2. The average molecular weight is 619 g/mol. The standard InChI is InChI=1S/C32H34N4O5S2/c1-20-8-5-9-22(21(20)2)36-32-29(30(33-36)28-23(39-3)10-6-11-24(28)40-4)31(25-12-7-17-42-25)43-19-27(38)35(32)18-26(37)34-13-15-41-16-14-34/h5-12,17,31H,13-16,18-19H2,1-4H3/t31-/m1/s1. The van der Waals surface area contributed by atoms with Crippen LogP contribution in [0.2, 0.25) is 0 Å². The Morgan fingerprint density at radius 2 is 1.74 bits per heavy atom. The number of fused-ring (bicyclic) bond motifs is 1. The van der Waals surface area contributed by atoms with Crippen LogP contribution in [-0.2, 0) is 14.3 Å². The maximum Gasteiger partial charge on any atom is 0.242 e. The topological polar surface area (TPSA) is 86.1 Å². The number of amides is 2. The minimum Gasteiger partial charge on any atom is -0.496 e. The third-order valence-electron chi connectivity index (χ3n) is 8.02. The largest absolute Gasteiger partial charge is 0.496 e. The molecule has 0 saturated carbocycles. The van der Waals surface area contributed by atoms with Gasteiger partial charge in [0.25, 0.3) is 0 Å². The molecule has 1 atom stereocenters. The summed E-state index contributed by atoms with van der Waals surface area (Å²) in [6.07, 6.45) is 0. The summed E-state index contributed by atoms with van der Waals surface area (Å²) in [4.78, 5) is 32.3. The second-order valence-electron chi connectivity index (χ2n) is 10.4. The lowest BCUT2D eigenvalue weighted by Crippen LogP contribution is -2.48. The number of rotatable bonds is 7. The third-order valence-corrected chi connectivity index (χ3v) is 10.3. The lowest BCUT2D eigenvalue weighted by molar-refractivity contribution is -0.134. The molecule has 0 aliphatic carbocycles. The Balaban J connectivity index is 1.66. The number of morpholine rings is 1. The molecule has 6 rings (SSSR count). The number of hydrogen-bond donors (Lipinski definition) is 0. The van der Waals surface area contributed by atoms with Gasteiger partial charge >= 0.3 is 0 Å². The molecule has 0 radical (unpaired) electrons. The van der Waals surface area contributed by atoms with Crippen molar-refractivity contribution in [2.24, 2.45) is 0 Å². The number of aryl methyl sites for hydroxylation is 1. The van der Waals surface area contributed by atoms with Gasteiger partial charge in [-0.2, -0.15) is 5.10 Å². The summed E-state index contributed by atoms with van der Waals surface area (Å²) in [6.45, 7) is 5.98. The fourth-order valence-corrected chi connectivity index (χ4v) is 7.81. The zero-order chi connectivity index (χ0) is 30.1. The molecule has 2 aliphatic rings. The number of carbonyl (C=O) groups is 2. The summed E-state index contributed by atoms with van der Waals surface area (Å²) in [5.41, 5.74) is 5.15. The summed E-state index contributed by atoms with van der Waals surface area (Å²) in [5.74, 6) is 1.75. The maximum absolute atomic E-state index is 14.1. The molecule has 0 bridgehead atoms. The van der Waals surface area contributed by atoms with Crippen LogP contribution in [0.1, 0.15) is 26.8 Å². The van der Waals surface area contributed by atoms with Crippen molar-refractivity contribution in [1.29, 1.82) is 0 Å². The molecule has 4 heterocycles. The zero-order valence-corrected chi connectivity index (χ0v) is 26.3. The van der Waals surface area contributed by atoms with Gasteiger partial charge in [-0.05, 0) is 54.6 Å². The van der Waals surface area contributed by atoms with E-state index in [1.165, 1.54) is 0 Å². The normalized spacial score (nSPS) is 17.0. The first kappa shape index (κ1) is 29.3. The first-order chi connectivity index (χ1) is 20.9. The number of methoxy groups -OCH3 is 2. The molecule has 0 spiro atoms. The second-order valence-corrected chi connectivity index (χ2v) is 12.5. The van der Waals surface area contributed by atoms with Crippen LogP contribution in [0.15, 0.2) is 53.9 Å². The van der Waals surface area contributed by atoms with Gasteiger partial charge in [-0.3, -0.25) is 14.5 Å². The van der Waals surface area contributed by atoms with Gasteiger partial charge in [-0.1, -0.05) is 24.3 Å². The van der Waals surface area contributed by atoms with Crippen LogP contribution in [0.5, 0.6) is 11.5 Å². The predicted octanol–water partition coefficient (Wildman–Crippen LogP) is 5.26. The van der Waals surface area contributed by atoms with Crippen LogP contribution < -0.4 is 14.4 Å². The second kappa shape index (κ2) is 12.4. The van der Waals surface area contributed by atoms with E-state index in [0.29, 0.717) is 54.9 Å². The highest BCUT2D eigenvalue weighted by molar-refractivity contribution is 8.00. The van der Waals surface area contributed by atoms with E-state index in [-0.39, 0.29) is 29.4 Å². The van der Waals surface area contributed by atoms with Gasteiger partial charge in [-0.25, -0.2) is 4.68 Å². The molecular formula is C32H34N4O5S2. The molecule has 11 heteroatoms. The molecule has 43 heavy (non-hydrogen) atoms. The fraction of sp³-hybridized carbons (Fsp3) is 0.344. The Bertz CT molecular complexity index is 1620. The lowest BCUT2D eigenvalue weighted by atomic mass is 10.0. The fourth-order valence-electron chi connectivity index (χ4n) is 5.63. The molecule has 0 unspecified atom stereocenters. The van der Waals surface area contributed by atoms with Gasteiger partial charge in [0.2, 0.25) is 11.8 Å². The number of thioether (sulfide) groups is 1. The van der Waals surface area contributed by atoms with E-state index in [0.717, 1.165) is 27.3 Å². The quantitative estimate of drug-likeness (QED) is 0.279. The van der Waals surface area contributed by atoms with Crippen molar-refractivity contribution in [2.45, 2.75) is 19.1 Å². The van der Waals surface area contributed by atoms with Crippen molar-refractivity contribution in [3.8, 4) is 28.4 Å². The van der Waals surface area contributed by atoms with Crippen molar-refractivity contribution in [3.63, 3.8) is 0 Å². The zero-order valence-electron chi connectivity index (χ0n) is 24.7. The average Bonchev–Trinajstić information content (AvgIpc) is 3.67. The number of thiophene rings is 1. The van der Waals surface area contributed by atoms with E-state index < -0.39 is 0 Å². The van der Waals surface area contributed by atoms with Gasteiger partial charge < -0.3 is 19.1 Å². The predicted molar refractivity (Wildman–Crippen MR) is 170 cm³/mol. The SMILES string of the molecule is COc1cccc(OC)c1-c1nn(-c2cccc(C)c2C)c2c1[C@@H](c1cccs1)SCC(=O)N2CC(=O)N1CCOCC1. The number of aromatic nitrogens is 2. The summed E-state index contributed by atoms with van der Waals surface area (Å²) in [5, 5.41) is 7.09. The van der Waals surface area contributed by atoms with Gasteiger partial charge in [0, 0.05) is 23.5 Å². The third kappa shape index (κ3) is 5.41. The number of hydrogen-bond acceptors (Lipinski definition) is 8. The number of carbonyl (C=O) groups excluding carboxylic acids is 2. The van der Waals surface area contributed by atoms with Crippen LogP contribution in [0.25, 0.3) is 16.9 Å². The van der Waals surface area contributed by atoms with Gasteiger partial charge in [-0.15, -0.1) is 23.1 Å². The first-order valence-corrected chi connectivity index (χ1v) is 16.1. The van der Waals surface area contributed by atoms with Crippen molar-refractivity contribution in [3.05, 3.63) is 75.5 Å². The van der Waals surface area contributed by atoms with E-state index in [1.807, 2.05) is 46.5 Å². The highest BCUT2D eigenvalue weighted by Gasteiger charge is 2.40. The maximum atomic E-state index is 14.1. The molecule has 2 aromatic heterocycles. The van der Waals surface area contributed by atoms with E-state index in [1.54, 1.807) is 47.1 Å². The molecule has 1 fully saturated rings. The van der Waals surface area contributed by atoms with Gasteiger partial charge in [0.1, 0.15) is 29.6 Å². The number of nitrogens with zero attached hydrogens (tertiary/aromatic N) is 4. The highest BCUT2D eigenvalue weighted by Crippen LogP contribution is 2.52. The minimum atomic E-state index is -0.217.